The van der Waals surface area contributed by atoms with Gasteiger partial charge in [0, 0.05) is 24.0 Å². The SMILES string of the molecule is C1CCCCCc2c(-c3noc4c3CCCCCCCCCC4)noc2CCCC1. The Balaban J connectivity index is 1.58. The molecule has 0 spiro atoms. The van der Waals surface area contributed by atoms with Gasteiger partial charge in [0.15, 0.2) is 0 Å². The van der Waals surface area contributed by atoms with Crippen molar-refractivity contribution in [1.82, 2.24) is 10.3 Å². The minimum absolute atomic E-state index is 0.985. The van der Waals surface area contributed by atoms with Crippen LogP contribution in [0.25, 0.3) is 11.4 Å². The van der Waals surface area contributed by atoms with Crippen molar-refractivity contribution in [2.75, 3.05) is 0 Å². The standard InChI is InChI=1S/C26H40N2O2/c1-3-7-11-15-19-23-21(17-13-9-5-1)25(27-29-23)26-22-18-14-10-6-2-4-8-12-16-20-24(22)30-28-26/h1-20H2. The van der Waals surface area contributed by atoms with Gasteiger partial charge in [-0.15, -0.1) is 0 Å². The molecule has 0 aliphatic heterocycles. The zero-order chi connectivity index (χ0) is 20.4. The lowest BCUT2D eigenvalue weighted by molar-refractivity contribution is 0.371. The Kier molecular flexibility index (Phi) is 8.45. The molecule has 0 unspecified atom stereocenters. The van der Waals surface area contributed by atoms with E-state index in [4.69, 9.17) is 9.05 Å². The predicted octanol–water partition coefficient (Wildman–Crippen LogP) is 7.77. The van der Waals surface area contributed by atoms with Crippen LogP contribution in [-0.4, -0.2) is 10.3 Å². The number of hydrogen-bond acceptors (Lipinski definition) is 4. The summed E-state index contributed by atoms with van der Waals surface area (Å²) in [6, 6.07) is 0. The minimum Gasteiger partial charge on any atom is -0.360 e. The first-order valence-electron chi connectivity index (χ1n) is 12.9. The van der Waals surface area contributed by atoms with E-state index < -0.39 is 0 Å². The fourth-order valence-electron chi connectivity index (χ4n) is 5.26. The Labute approximate surface area is 182 Å². The third-order valence-corrected chi connectivity index (χ3v) is 7.12. The quantitative estimate of drug-likeness (QED) is 0.480. The summed E-state index contributed by atoms with van der Waals surface area (Å²) < 4.78 is 11.8. The van der Waals surface area contributed by atoms with Crippen LogP contribution >= 0.6 is 0 Å². The largest absolute Gasteiger partial charge is 0.360 e. The molecule has 0 fully saturated rings. The minimum atomic E-state index is 0.985. The van der Waals surface area contributed by atoms with Crippen molar-refractivity contribution in [3.63, 3.8) is 0 Å². The van der Waals surface area contributed by atoms with Gasteiger partial charge in [0.05, 0.1) is 0 Å². The third-order valence-electron chi connectivity index (χ3n) is 7.12. The highest BCUT2D eigenvalue weighted by atomic mass is 16.5. The first-order chi connectivity index (χ1) is 14.9. The molecule has 4 nitrogen and oxygen atoms in total. The van der Waals surface area contributed by atoms with Crippen LogP contribution in [0.15, 0.2) is 9.05 Å². The molecule has 4 heteroatoms. The molecule has 2 aromatic heterocycles. The van der Waals surface area contributed by atoms with Gasteiger partial charge in [-0.25, -0.2) is 0 Å². The summed E-state index contributed by atoms with van der Waals surface area (Å²) >= 11 is 0. The summed E-state index contributed by atoms with van der Waals surface area (Å²) in [5.41, 5.74) is 4.61. The van der Waals surface area contributed by atoms with E-state index in [2.05, 4.69) is 10.3 Å². The van der Waals surface area contributed by atoms with E-state index in [1.165, 1.54) is 114 Å². The lowest BCUT2D eigenvalue weighted by Crippen LogP contribution is -1.99. The summed E-state index contributed by atoms with van der Waals surface area (Å²) in [4.78, 5) is 0. The first-order valence-corrected chi connectivity index (χ1v) is 12.9. The molecule has 0 bridgehead atoms. The van der Waals surface area contributed by atoms with Gasteiger partial charge in [-0.1, -0.05) is 87.4 Å². The van der Waals surface area contributed by atoms with Gasteiger partial charge >= 0.3 is 0 Å². The van der Waals surface area contributed by atoms with Crippen LogP contribution in [0, 0.1) is 0 Å². The van der Waals surface area contributed by atoms with E-state index in [0.29, 0.717) is 0 Å². The number of hydrogen-bond donors (Lipinski definition) is 0. The molecule has 2 aromatic rings. The van der Waals surface area contributed by atoms with Crippen molar-refractivity contribution in [3.05, 3.63) is 22.6 Å². The molecular formula is C26H40N2O2. The Morgan fingerprint density at radius 3 is 1.03 bits per heavy atom. The second kappa shape index (κ2) is 11.7. The average Bonchev–Trinajstić information content (AvgIpc) is 3.31. The number of nitrogens with zero attached hydrogens (tertiary/aromatic N) is 2. The van der Waals surface area contributed by atoms with Gasteiger partial charge in [-0.05, 0) is 38.5 Å². The van der Waals surface area contributed by atoms with E-state index in [1.807, 2.05) is 0 Å². The molecule has 30 heavy (non-hydrogen) atoms. The summed E-state index contributed by atoms with van der Waals surface area (Å²) in [5, 5.41) is 9.14. The van der Waals surface area contributed by atoms with Crippen LogP contribution in [0.4, 0.5) is 0 Å². The number of aromatic nitrogens is 2. The van der Waals surface area contributed by atoms with Crippen LogP contribution in [0.2, 0.25) is 0 Å². The zero-order valence-electron chi connectivity index (χ0n) is 18.9. The van der Waals surface area contributed by atoms with Crippen LogP contribution in [0.1, 0.15) is 125 Å². The molecular weight excluding hydrogens is 372 g/mol. The van der Waals surface area contributed by atoms with Crippen LogP contribution in [0.5, 0.6) is 0 Å². The highest BCUT2D eigenvalue weighted by molar-refractivity contribution is 5.63. The van der Waals surface area contributed by atoms with Crippen molar-refractivity contribution in [2.45, 2.75) is 128 Å². The Hall–Kier alpha value is -1.58. The van der Waals surface area contributed by atoms with E-state index in [-0.39, 0.29) is 0 Å². The van der Waals surface area contributed by atoms with Crippen molar-refractivity contribution in [3.8, 4) is 11.4 Å². The van der Waals surface area contributed by atoms with Crippen LogP contribution < -0.4 is 0 Å². The zero-order valence-corrected chi connectivity index (χ0v) is 18.9. The molecule has 0 N–H and O–H groups in total. The molecule has 0 saturated heterocycles. The van der Waals surface area contributed by atoms with Gasteiger partial charge in [-0.3, -0.25) is 0 Å². The average molecular weight is 413 g/mol. The Bertz CT molecular complexity index is 697. The second-order valence-corrected chi connectivity index (χ2v) is 9.52. The fourth-order valence-corrected chi connectivity index (χ4v) is 5.26. The van der Waals surface area contributed by atoms with E-state index in [0.717, 1.165) is 48.6 Å². The molecule has 0 radical (unpaired) electrons. The van der Waals surface area contributed by atoms with Gasteiger partial charge in [0.2, 0.25) is 0 Å². The van der Waals surface area contributed by atoms with Crippen LogP contribution in [0.3, 0.4) is 0 Å². The predicted molar refractivity (Wildman–Crippen MR) is 121 cm³/mol. The second-order valence-electron chi connectivity index (χ2n) is 9.52. The highest BCUT2D eigenvalue weighted by Crippen LogP contribution is 2.34. The van der Waals surface area contributed by atoms with Gasteiger partial charge < -0.3 is 9.05 Å². The molecule has 4 rings (SSSR count). The molecule has 0 atom stereocenters. The lowest BCUT2D eigenvalue weighted by atomic mass is 9.94. The van der Waals surface area contributed by atoms with Gasteiger partial charge in [0.1, 0.15) is 22.9 Å². The van der Waals surface area contributed by atoms with Crippen molar-refractivity contribution in [1.29, 1.82) is 0 Å². The maximum atomic E-state index is 5.91. The van der Waals surface area contributed by atoms with Crippen molar-refractivity contribution < 1.29 is 9.05 Å². The van der Waals surface area contributed by atoms with Crippen molar-refractivity contribution >= 4 is 0 Å². The number of fused-ring (bicyclic) bond motifs is 2. The van der Waals surface area contributed by atoms with Crippen LogP contribution in [-0.2, 0) is 25.7 Å². The monoisotopic (exact) mass is 412 g/mol. The number of rotatable bonds is 1. The van der Waals surface area contributed by atoms with E-state index in [1.54, 1.807) is 0 Å². The molecule has 0 aromatic carbocycles. The van der Waals surface area contributed by atoms with E-state index >= 15 is 0 Å². The summed E-state index contributed by atoms with van der Waals surface area (Å²) in [5.74, 6) is 2.21. The van der Waals surface area contributed by atoms with Crippen molar-refractivity contribution in [2.24, 2.45) is 0 Å². The molecule has 2 aliphatic carbocycles. The lowest BCUT2D eigenvalue weighted by Gasteiger charge is -2.08. The molecule has 166 valence electrons. The van der Waals surface area contributed by atoms with Gasteiger partial charge in [0.25, 0.3) is 0 Å². The topological polar surface area (TPSA) is 52.1 Å². The molecule has 2 heterocycles. The third kappa shape index (κ3) is 5.76. The maximum absolute atomic E-state index is 5.91. The maximum Gasteiger partial charge on any atom is 0.140 e. The normalized spacial score (nSPS) is 20.7. The Morgan fingerprint density at radius 2 is 0.667 bits per heavy atom. The summed E-state index contributed by atoms with van der Waals surface area (Å²) in [6.45, 7) is 0. The molecule has 2 aliphatic rings. The number of aryl methyl sites for hydroxylation is 2. The van der Waals surface area contributed by atoms with E-state index in [9.17, 15) is 0 Å². The fraction of sp³-hybridized carbons (Fsp3) is 0.769. The molecule has 0 amide bonds. The summed E-state index contributed by atoms with van der Waals surface area (Å²) in [7, 11) is 0. The Morgan fingerprint density at radius 1 is 0.367 bits per heavy atom. The van der Waals surface area contributed by atoms with Gasteiger partial charge in [-0.2, -0.15) is 0 Å². The summed E-state index contributed by atoms with van der Waals surface area (Å²) in [6.07, 6.45) is 25.2. The smallest absolute Gasteiger partial charge is 0.140 e. The highest BCUT2D eigenvalue weighted by Gasteiger charge is 2.25. The first kappa shape index (κ1) is 21.6. The molecule has 0 saturated carbocycles.